The van der Waals surface area contributed by atoms with Crippen LogP contribution in [0.3, 0.4) is 0 Å². The number of anilines is 4. The number of aryl methyl sites for hydroxylation is 2. The van der Waals surface area contributed by atoms with Gasteiger partial charge in [0.2, 0.25) is 5.95 Å². The summed E-state index contributed by atoms with van der Waals surface area (Å²) < 4.78 is 5.23. The topological polar surface area (TPSA) is 76.1 Å². The molecule has 0 unspecified atom stereocenters. The van der Waals surface area contributed by atoms with Crippen molar-refractivity contribution in [2.24, 2.45) is 5.41 Å². The summed E-state index contributed by atoms with van der Waals surface area (Å²) in [6, 6.07) is 13.8. The van der Waals surface area contributed by atoms with Gasteiger partial charge >= 0.3 is 0 Å². The maximum atomic E-state index is 13.0. The van der Waals surface area contributed by atoms with Crippen molar-refractivity contribution in [2.45, 2.75) is 40.5 Å². The van der Waals surface area contributed by atoms with Gasteiger partial charge < -0.3 is 15.4 Å². The molecule has 4 rings (SSSR count). The zero-order chi connectivity index (χ0) is 22.2. The highest BCUT2D eigenvalue weighted by atomic mass is 16.5. The maximum Gasteiger partial charge on any atom is 0.229 e. The molecule has 3 aromatic rings. The molecule has 0 atom stereocenters. The molecule has 0 saturated heterocycles. The van der Waals surface area contributed by atoms with Gasteiger partial charge in [-0.3, -0.25) is 4.79 Å². The number of nitrogens with zero attached hydrogens (tertiary/aromatic N) is 2. The van der Waals surface area contributed by atoms with Crippen molar-refractivity contribution in [1.29, 1.82) is 0 Å². The highest BCUT2D eigenvalue weighted by molar-refractivity contribution is 6.03. The van der Waals surface area contributed by atoms with Gasteiger partial charge in [-0.15, -0.1) is 0 Å². The van der Waals surface area contributed by atoms with Crippen LogP contribution in [-0.4, -0.2) is 22.9 Å². The van der Waals surface area contributed by atoms with Crippen molar-refractivity contribution >= 4 is 28.9 Å². The number of hydrogen-bond acceptors (Lipinski definition) is 6. The summed E-state index contributed by atoms with van der Waals surface area (Å²) in [5.41, 5.74) is 5.30. The monoisotopic (exact) mass is 416 g/mol. The van der Waals surface area contributed by atoms with Crippen LogP contribution in [0.25, 0.3) is 0 Å². The van der Waals surface area contributed by atoms with Crippen molar-refractivity contribution in [2.75, 3.05) is 17.7 Å². The van der Waals surface area contributed by atoms with Crippen molar-refractivity contribution in [1.82, 2.24) is 9.97 Å². The first-order chi connectivity index (χ1) is 14.7. The summed E-state index contributed by atoms with van der Waals surface area (Å²) in [5, 5.41) is 6.67. The number of aromatic nitrogens is 2. The molecule has 6 nitrogen and oxygen atoms in total. The summed E-state index contributed by atoms with van der Waals surface area (Å²) in [6.07, 6.45) is 1.20. The Morgan fingerprint density at radius 3 is 2.39 bits per heavy atom. The first-order valence-corrected chi connectivity index (χ1v) is 10.4. The van der Waals surface area contributed by atoms with E-state index in [1.165, 1.54) is 5.56 Å². The molecule has 0 spiro atoms. The van der Waals surface area contributed by atoms with E-state index >= 15 is 0 Å². The zero-order valence-electron chi connectivity index (χ0n) is 18.7. The minimum Gasteiger partial charge on any atom is -0.497 e. The van der Waals surface area contributed by atoms with Crippen LogP contribution in [0.2, 0.25) is 0 Å². The number of fused-ring (bicyclic) bond motifs is 1. The van der Waals surface area contributed by atoms with E-state index in [9.17, 15) is 4.79 Å². The molecule has 1 aromatic heterocycles. The summed E-state index contributed by atoms with van der Waals surface area (Å²) >= 11 is 0. The number of ether oxygens (including phenoxy) is 1. The molecule has 0 amide bonds. The number of nitrogens with one attached hydrogen (secondary N) is 2. The van der Waals surface area contributed by atoms with Crippen LogP contribution < -0.4 is 15.4 Å². The number of carbonyl (C=O) groups is 1. The van der Waals surface area contributed by atoms with Gasteiger partial charge in [0.15, 0.2) is 5.78 Å². The number of ketones is 1. The smallest absolute Gasteiger partial charge is 0.229 e. The van der Waals surface area contributed by atoms with E-state index in [2.05, 4.69) is 37.5 Å². The van der Waals surface area contributed by atoms with Gasteiger partial charge in [-0.05, 0) is 61.6 Å². The minimum absolute atomic E-state index is 0.0783. The molecule has 160 valence electrons. The lowest BCUT2D eigenvalue weighted by molar-refractivity contribution is 0.0911. The normalized spacial score (nSPS) is 14.7. The van der Waals surface area contributed by atoms with Crippen LogP contribution in [0.15, 0.2) is 42.5 Å². The lowest BCUT2D eigenvalue weighted by atomic mass is 9.75. The number of Topliss-reactive ketones (excluding diaryl/α,β-unsaturated/α-hetero) is 1. The molecule has 2 N–H and O–H groups in total. The van der Waals surface area contributed by atoms with Crippen LogP contribution in [0.1, 0.15) is 47.4 Å². The number of hydrogen-bond donors (Lipinski definition) is 2. The number of rotatable bonds is 5. The fraction of sp³-hybridized carbons (Fsp3) is 0.320. The highest BCUT2D eigenvalue weighted by Crippen LogP contribution is 2.38. The Labute approximate surface area is 183 Å². The Bertz CT molecular complexity index is 1140. The van der Waals surface area contributed by atoms with E-state index in [4.69, 9.17) is 14.7 Å². The first kappa shape index (κ1) is 20.8. The largest absolute Gasteiger partial charge is 0.497 e. The molecule has 0 fully saturated rings. The molecular weight excluding hydrogens is 388 g/mol. The van der Waals surface area contributed by atoms with Crippen LogP contribution in [0.4, 0.5) is 23.1 Å². The van der Waals surface area contributed by atoms with E-state index in [1.807, 2.05) is 43.3 Å². The van der Waals surface area contributed by atoms with E-state index in [-0.39, 0.29) is 11.2 Å². The van der Waals surface area contributed by atoms with Gasteiger partial charge in [0.05, 0.1) is 18.4 Å². The van der Waals surface area contributed by atoms with Gasteiger partial charge in [-0.1, -0.05) is 31.5 Å². The third-order valence-corrected chi connectivity index (χ3v) is 5.53. The maximum absolute atomic E-state index is 13.0. The summed E-state index contributed by atoms with van der Waals surface area (Å²) in [6.45, 7) is 8.31. The standard InChI is InChI=1S/C25H28N4O2/c1-15-6-11-19(16(2)12-15)27-23-22-20(13-25(3,4)14-21(22)30)28-24(29-23)26-17-7-9-18(31-5)10-8-17/h6-12H,13-14H2,1-5H3,(H2,26,27,28,29). The Hall–Kier alpha value is -3.41. The van der Waals surface area contributed by atoms with Crippen molar-refractivity contribution in [3.63, 3.8) is 0 Å². The second-order valence-electron chi connectivity index (χ2n) is 8.96. The average molecular weight is 417 g/mol. The molecule has 6 heteroatoms. The molecule has 0 radical (unpaired) electrons. The average Bonchev–Trinajstić information content (AvgIpc) is 2.69. The lowest BCUT2D eigenvalue weighted by Gasteiger charge is -2.30. The fourth-order valence-corrected chi connectivity index (χ4v) is 4.00. The molecule has 1 aliphatic carbocycles. The van der Waals surface area contributed by atoms with Gasteiger partial charge in [0.25, 0.3) is 0 Å². The Kier molecular flexibility index (Phi) is 5.39. The lowest BCUT2D eigenvalue weighted by Crippen LogP contribution is -2.29. The van der Waals surface area contributed by atoms with E-state index in [1.54, 1.807) is 7.11 Å². The van der Waals surface area contributed by atoms with Crippen molar-refractivity contribution < 1.29 is 9.53 Å². The summed E-state index contributed by atoms with van der Waals surface area (Å²) in [7, 11) is 1.64. The fourth-order valence-electron chi connectivity index (χ4n) is 4.00. The van der Waals surface area contributed by atoms with Gasteiger partial charge in [-0.2, -0.15) is 4.98 Å². The number of benzene rings is 2. The van der Waals surface area contributed by atoms with Gasteiger partial charge in [0.1, 0.15) is 11.6 Å². The second kappa shape index (κ2) is 8.02. The molecule has 0 aliphatic heterocycles. The van der Waals surface area contributed by atoms with Crippen LogP contribution >= 0.6 is 0 Å². The zero-order valence-corrected chi connectivity index (χ0v) is 18.7. The SMILES string of the molecule is COc1ccc(Nc2nc3c(c(Nc4ccc(C)cc4C)n2)C(=O)CC(C)(C)C3)cc1. The van der Waals surface area contributed by atoms with Gasteiger partial charge in [0, 0.05) is 17.8 Å². The van der Waals surface area contributed by atoms with E-state index in [0.29, 0.717) is 23.8 Å². The molecule has 2 aromatic carbocycles. The predicted octanol–water partition coefficient (Wildman–Crippen LogP) is 5.74. The van der Waals surface area contributed by atoms with Gasteiger partial charge in [-0.25, -0.2) is 4.98 Å². The molecule has 1 aliphatic rings. The first-order valence-electron chi connectivity index (χ1n) is 10.4. The number of carbonyl (C=O) groups excluding carboxylic acids is 1. The minimum atomic E-state index is -0.132. The quantitative estimate of drug-likeness (QED) is 0.552. The number of methoxy groups -OCH3 is 1. The Morgan fingerprint density at radius 2 is 1.71 bits per heavy atom. The van der Waals surface area contributed by atoms with Crippen LogP contribution in [0, 0.1) is 19.3 Å². The van der Waals surface area contributed by atoms with E-state index < -0.39 is 0 Å². The highest BCUT2D eigenvalue weighted by Gasteiger charge is 2.35. The summed E-state index contributed by atoms with van der Waals surface area (Å²) in [4.78, 5) is 22.5. The molecule has 0 bridgehead atoms. The Balaban J connectivity index is 1.76. The molecule has 1 heterocycles. The van der Waals surface area contributed by atoms with E-state index in [0.717, 1.165) is 34.8 Å². The Morgan fingerprint density at radius 1 is 0.968 bits per heavy atom. The van der Waals surface area contributed by atoms with Crippen molar-refractivity contribution in [3.8, 4) is 5.75 Å². The predicted molar refractivity (Wildman–Crippen MR) is 124 cm³/mol. The molecule has 0 saturated carbocycles. The molecule has 31 heavy (non-hydrogen) atoms. The van der Waals surface area contributed by atoms with Crippen LogP contribution in [-0.2, 0) is 6.42 Å². The summed E-state index contributed by atoms with van der Waals surface area (Å²) in [5.74, 6) is 1.87. The third-order valence-electron chi connectivity index (χ3n) is 5.53. The molecular formula is C25H28N4O2. The second-order valence-corrected chi connectivity index (χ2v) is 8.96. The third kappa shape index (κ3) is 4.53. The van der Waals surface area contributed by atoms with Crippen LogP contribution in [0.5, 0.6) is 5.75 Å². The van der Waals surface area contributed by atoms with Crippen molar-refractivity contribution in [3.05, 3.63) is 64.8 Å².